The van der Waals surface area contributed by atoms with E-state index >= 15 is 0 Å². The van der Waals surface area contributed by atoms with Crippen molar-refractivity contribution in [3.05, 3.63) is 57.8 Å². The molecule has 0 saturated heterocycles. The SMILES string of the molecule is CCCc1ccc(C(O)CCCc2cccs2)cc1. The monoisotopic (exact) mass is 274 g/mol. The maximum Gasteiger partial charge on any atom is 0.0790 e. The van der Waals surface area contributed by atoms with E-state index in [-0.39, 0.29) is 6.10 Å². The highest BCUT2D eigenvalue weighted by Gasteiger charge is 2.07. The van der Waals surface area contributed by atoms with Crippen LogP contribution in [-0.2, 0) is 12.8 Å². The Hall–Kier alpha value is -1.12. The van der Waals surface area contributed by atoms with Crippen molar-refractivity contribution in [2.75, 3.05) is 0 Å². The van der Waals surface area contributed by atoms with Crippen molar-refractivity contribution in [1.82, 2.24) is 0 Å². The summed E-state index contributed by atoms with van der Waals surface area (Å²) in [7, 11) is 0. The van der Waals surface area contributed by atoms with E-state index in [4.69, 9.17) is 0 Å². The fourth-order valence-corrected chi connectivity index (χ4v) is 3.04. The molecule has 0 bridgehead atoms. The highest BCUT2D eigenvalue weighted by molar-refractivity contribution is 7.09. The van der Waals surface area contributed by atoms with Crippen molar-refractivity contribution in [3.63, 3.8) is 0 Å². The minimum Gasteiger partial charge on any atom is -0.388 e. The molecule has 1 aromatic carbocycles. The average Bonchev–Trinajstić information content (AvgIpc) is 2.93. The van der Waals surface area contributed by atoms with Crippen molar-refractivity contribution >= 4 is 11.3 Å². The summed E-state index contributed by atoms with van der Waals surface area (Å²) < 4.78 is 0. The zero-order valence-corrected chi connectivity index (χ0v) is 12.3. The van der Waals surface area contributed by atoms with Gasteiger partial charge in [0.25, 0.3) is 0 Å². The highest BCUT2D eigenvalue weighted by Crippen LogP contribution is 2.21. The zero-order valence-electron chi connectivity index (χ0n) is 11.5. The fourth-order valence-electron chi connectivity index (χ4n) is 2.29. The first-order valence-electron chi connectivity index (χ1n) is 7.09. The molecule has 1 N–H and O–H groups in total. The first-order valence-corrected chi connectivity index (χ1v) is 7.97. The topological polar surface area (TPSA) is 20.2 Å². The van der Waals surface area contributed by atoms with E-state index in [9.17, 15) is 5.11 Å². The van der Waals surface area contributed by atoms with Gasteiger partial charge in [0, 0.05) is 4.88 Å². The van der Waals surface area contributed by atoms with Gasteiger partial charge in [-0.3, -0.25) is 0 Å². The van der Waals surface area contributed by atoms with Gasteiger partial charge < -0.3 is 5.11 Å². The molecule has 0 aliphatic carbocycles. The molecule has 2 aromatic rings. The van der Waals surface area contributed by atoms with E-state index in [1.807, 2.05) is 0 Å². The molecular formula is C17H22OS. The molecule has 1 nitrogen and oxygen atoms in total. The molecule has 0 amide bonds. The highest BCUT2D eigenvalue weighted by atomic mass is 32.1. The fraction of sp³-hybridized carbons (Fsp3) is 0.412. The van der Waals surface area contributed by atoms with Crippen LogP contribution in [0.3, 0.4) is 0 Å². The Labute approximate surface area is 119 Å². The molecule has 0 radical (unpaired) electrons. The van der Waals surface area contributed by atoms with Crippen LogP contribution in [-0.4, -0.2) is 5.11 Å². The lowest BCUT2D eigenvalue weighted by Gasteiger charge is -2.11. The molecule has 0 spiro atoms. The number of aryl methyl sites for hydroxylation is 2. The normalized spacial score (nSPS) is 12.5. The van der Waals surface area contributed by atoms with Crippen LogP contribution in [0.5, 0.6) is 0 Å². The Morgan fingerprint density at radius 1 is 1.11 bits per heavy atom. The number of thiophene rings is 1. The third-order valence-corrected chi connectivity index (χ3v) is 4.32. The minimum atomic E-state index is -0.323. The molecule has 1 heterocycles. The molecule has 19 heavy (non-hydrogen) atoms. The van der Waals surface area contributed by atoms with Crippen LogP contribution < -0.4 is 0 Å². The maximum atomic E-state index is 10.2. The smallest absolute Gasteiger partial charge is 0.0790 e. The number of hydrogen-bond acceptors (Lipinski definition) is 2. The minimum absolute atomic E-state index is 0.323. The standard InChI is InChI=1S/C17H22OS/c1-2-5-14-9-11-15(12-10-14)17(18)8-3-6-16-7-4-13-19-16/h4,7,9-13,17-18H,2-3,5-6,8H2,1H3. The number of hydrogen-bond donors (Lipinski definition) is 1. The zero-order chi connectivity index (χ0) is 13.5. The lowest BCUT2D eigenvalue weighted by Crippen LogP contribution is -1.98. The van der Waals surface area contributed by atoms with E-state index < -0.39 is 0 Å². The molecular weight excluding hydrogens is 252 g/mol. The van der Waals surface area contributed by atoms with Crippen molar-refractivity contribution in [1.29, 1.82) is 0 Å². The summed E-state index contributed by atoms with van der Waals surface area (Å²) in [5.41, 5.74) is 2.41. The van der Waals surface area contributed by atoms with Crippen LogP contribution >= 0.6 is 11.3 Å². The molecule has 2 heteroatoms. The van der Waals surface area contributed by atoms with E-state index in [0.717, 1.165) is 31.2 Å². The van der Waals surface area contributed by atoms with Gasteiger partial charge in [-0.1, -0.05) is 43.7 Å². The average molecular weight is 274 g/mol. The van der Waals surface area contributed by atoms with Gasteiger partial charge in [0.05, 0.1) is 6.10 Å². The van der Waals surface area contributed by atoms with Crippen molar-refractivity contribution in [2.45, 2.75) is 45.1 Å². The lowest BCUT2D eigenvalue weighted by molar-refractivity contribution is 0.165. The van der Waals surface area contributed by atoms with Crippen LogP contribution in [0.4, 0.5) is 0 Å². The molecule has 0 saturated carbocycles. The predicted molar refractivity (Wildman–Crippen MR) is 82.7 cm³/mol. The first-order chi connectivity index (χ1) is 9.29. The van der Waals surface area contributed by atoms with Crippen LogP contribution in [0.2, 0.25) is 0 Å². The van der Waals surface area contributed by atoms with Gasteiger partial charge in [-0.15, -0.1) is 11.3 Å². The Balaban J connectivity index is 1.80. The summed E-state index contributed by atoms with van der Waals surface area (Å²) >= 11 is 1.80. The third kappa shape index (κ3) is 4.48. The van der Waals surface area contributed by atoms with Crippen molar-refractivity contribution in [3.8, 4) is 0 Å². The van der Waals surface area contributed by atoms with Crippen LogP contribution in [0.1, 0.15) is 48.3 Å². The quantitative estimate of drug-likeness (QED) is 0.772. The Morgan fingerprint density at radius 2 is 1.89 bits per heavy atom. The number of benzene rings is 1. The van der Waals surface area contributed by atoms with Crippen molar-refractivity contribution < 1.29 is 5.11 Å². The number of rotatable bonds is 7. The van der Waals surface area contributed by atoms with Gasteiger partial charge in [-0.05, 0) is 48.3 Å². The van der Waals surface area contributed by atoms with Crippen molar-refractivity contribution in [2.24, 2.45) is 0 Å². The maximum absolute atomic E-state index is 10.2. The largest absolute Gasteiger partial charge is 0.388 e. The predicted octanol–water partition coefficient (Wildman–Crippen LogP) is 4.76. The number of aliphatic hydroxyl groups is 1. The summed E-state index contributed by atoms with van der Waals surface area (Å²) in [6, 6.07) is 12.7. The van der Waals surface area contributed by atoms with Gasteiger partial charge >= 0.3 is 0 Å². The van der Waals surface area contributed by atoms with E-state index in [2.05, 4.69) is 48.7 Å². The lowest BCUT2D eigenvalue weighted by atomic mass is 10.0. The van der Waals surface area contributed by atoms with Gasteiger partial charge in [0.1, 0.15) is 0 Å². The molecule has 102 valence electrons. The van der Waals surface area contributed by atoms with Gasteiger partial charge in [0.15, 0.2) is 0 Å². The van der Waals surface area contributed by atoms with Crippen LogP contribution in [0.15, 0.2) is 41.8 Å². The van der Waals surface area contributed by atoms with Gasteiger partial charge in [0.2, 0.25) is 0 Å². The van der Waals surface area contributed by atoms with Gasteiger partial charge in [-0.25, -0.2) is 0 Å². The Kier molecular flexibility index (Phi) is 5.62. The molecule has 0 aliphatic heterocycles. The second-order valence-corrected chi connectivity index (χ2v) is 6.01. The third-order valence-electron chi connectivity index (χ3n) is 3.38. The Bertz CT molecular complexity index is 459. The second kappa shape index (κ2) is 7.46. The summed E-state index contributed by atoms with van der Waals surface area (Å²) in [6.07, 6.45) is 4.92. The number of aliphatic hydroxyl groups excluding tert-OH is 1. The molecule has 1 atom stereocenters. The first kappa shape index (κ1) is 14.3. The van der Waals surface area contributed by atoms with E-state index in [0.29, 0.717) is 0 Å². The summed E-state index contributed by atoms with van der Waals surface area (Å²) in [5, 5.41) is 12.3. The molecule has 1 aromatic heterocycles. The molecule has 1 unspecified atom stereocenters. The molecule has 0 aliphatic rings. The molecule has 0 fully saturated rings. The molecule has 2 rings (SSSR count). The van der Waals surface area contributed by atoms with Crippen LogP contribution in [0.25, 0.3) is 0 Å². The van der Waals surface area contributed by atoms with E-state index in [1.165, 1.54) is 16.9 Å². The van der Waals surface area contributed by atoms with E-state index in [1.54, 1.807) is 11.3 Å². The van der Waals surface area contributed by atoms with Crippen LogP contribution in [0, 0.1) is 0 Å². The van der Waals surface area contributed by atoms with Gasteiger partial charge in [-0.2, -0.15) is 0 Å². The Morgan fingerprint density at radius 3 is 2.53 bits per heavy atom. The summed E-state index contributed by atoms with van der Waals surface area (Å²) in [4.78, 5) is 1.41. The summed E-state index contributed by atoms with van der Waals surface area (Å²) in [5.74, 6) is 0. The second-order valence-electron chi connectivity index (χ2n) is 4.98. The summed E-state index contributed by atoms with van der Waals surface area (Å²) in [6.45, 7) is 2.19.